The van der Waals surface area contributed by atoms with Gasteiger partial charge in [0.05, 0.1) is 19.0 Å². The van der Waals surface area contributed by atoms with E-state index in [1.165, 1.54) is 0 Å². The standard InChI is InChI=1S/C11H19N3O/c1-5-12-6-9-10(15-4)7-13-11(14-9)8(2)3/h7-8,12H,5-6H2,1-4H3. The first-order chi connectivity index (χ1) is 7.19. The van der Waals surface area contributed by atoms with Gasteiger partial charge in [-0.3, -0.25) is 0 Å². The highest BCUT2D eigenvalue weighted by atomic mass is 16.5. The maximum Gasteiger partial charge on any atom is 0.159 e. The van der Waals surface area contributed by atoms with E-state index in [0.29, 0.717) is 5.92 Å². The highest BCUT2D eigenvalue weighted by Gasteiger charge is 2.09. The topological polar surface area (TPSA) is 47.0 Å². The molecule has 4 heteroatoms. The van der Waals surface area contributed by atoms with Gasteiger partial charge in [0, 0.05) is 12.5 Å². The molecule has 1 aromatic heterocycles. The predicted octanol–water partition coefficient (Wildman–Crippen LogP) is 1.72. The number of nitrogens with zero attached hydrogens (tertiary/aromatic N) is 2. The van der Waals surface area contributed by atoms with Gasteiger partial charge in [-0.1, -0.05) is 20.8 Å². The summed E-state index contributed by atoms with van der Waals surface area (Å²) in [6.07, 6.45) is 1.75. The number of aromatic nitrogens is 2. The van der Waals surface area contributed by atoms with Gasteiger partial charge in [-0.05, 0) is 6.54 Å². The van der Waals surface area contributed by atoms with E-state index in [-0.39, 0.29) is 0 Å². The normalized spacial score (nSPS) is 10.7. The van der Waals surface area contributed by atoms with Crippen LogP contribution in [0.5, 0.6) is 5.75 Å². The van der Waals surface area contributed by atoms with Gasteiger partial charge >= 0.3 is 0 Å². The van der Waals surface area contributed by atoms with Gasteiger partial charge in [0.2, 0.25) is 0 Å². The molecule has 0 unspecified atom stereocenters. The molecule has 15 heavy (non-hydrogen) atoms. The lowest BCUT2D eigenvalue weighted by Gasteiger charge is -2.10. The van der Waals surface area contributed by atoms with Crippen molar-refractivity contribution < 1.29 is 4.74 Å². The first kappa shape index (κ1) is 11.9. The Morgan fingerprint density at radius 2 is 2.20 bits per heavy atom. The Morgan fingerprint density at radius 1 is 1.47 bits per heavy atom. The summed E-state index contributed by atoms with van der Waals surface area (Å²) in [6, 6.07) is 0. The number of methoxy groups -OCH3 is 1. The fraction of sp³-hybridized carbons (Fsp3) is 0.636. The van der Waals surface area contributed by atoms with E-state index < -0.39 is 0 Å². The molecule has 1 N–H and O–H groups in total. The van der Waals surface area contributed by atoms with Crippen molar-refractivity contribution in [2.45, 2.75) is 33.2 Å². The number of rotatable bonds is 5. The van der Waals surface area contributed by atoms with Gasteiger partial charge in [0.15, 0.2) is 5.75 Å². The van der Waals surface area contributed by atoms with Crippen LogP contribution in [0.2, 0.25) is 0 Å². The molecule has 84 valence electrons. The summed E-state index contributed by atoms with van der Waals surface area (Å²) in [6.45, 7) is 7.88. The monoisotopic (exact) mass is 209 g/mol. The lowest BCUT2D eigenvalue weighted by molar-refractivity contribution is 0.401. The maximum atomic E-state index is 5.21. The predicted molar refractivity (Wildman–Crippen MR) is 60.1 cm³/mol. The minimum Gasteiger partial charge on any atom is -0.493 e. The van der Waals surface area contributed by atoms with Gasteiger partial charge in [-0.15, -0.1) is 0 Å². The molecular weight excluding hydrogens is 190 g/mol. The largest absolute Gasteiger partial charge is 0.493 e. The van der Waals surface area contributed by atoms with Crippen LogP contribution < -0.4 is 10.1 Å². The van der Waals surface area contributed by atoms with Crippen LogP contribution in [0.25, 0.3) is 0 Å². The third-order valence-corrected chi connectivity index (χ3v) is 2.13. The minimum absolute atomic E-state index is 0.344. The van der Waals surface area contributed by atoms with E-state index in [9.17, 15) is 0 Å². The first-order valence-electron chi connectivity index (χ1n) is 5.29. The third kappa shape index (κ3) is 3.16. The Hall–Kier alpha value is -1.16. The molecule has 0 radical (unpaired) electrons. The summed E-state index contributed by atoms with van der Waals surface area (Å²) in [5.41, 5.74) is 0.929. The van der Waals surface area contributed by atoms with Gasteiger partial charge in [-0.2, -0.15) is 0 Å². The summed E-state index contributed by atoms with van der Waals surface area (Å²) in [5, 5.41) is 3.24. The fourth-order valence-corrected chi connectivity index (χ4v) is 1.24. The Balaban J connectivity index is 2.91. The Morgan fingerprint density at radius 3 is 2.73 bits per heavy atom. The van der Waals surface area contributed by atoms with Crippen molar-refractivity contribution in [3.8, 4) is 5.75 Å². The maximum absolute atomic E-state index is 5.21. The van der Waals surface area contributed by atoms with Crippen LogP contribution in [0.4, 0.5) is 0 Å². The van der Waals surface area contributed by atoms with Crippen LogP contribution in [0.3, 0.4) is 0 Å². The summed E-state index contributed by atoms with van der Waals surface area (Å²) >= 11 is 0. The van der Waals surface area contributed by atoms with E-state index in [0.717, 1.165) is 30.4 Å². The van der Waals surface area contributed by atoms with Crippen molar-refractivity contribution in [1.29, 1.82) is 0 Å². The third-order valence-electron chi connectivity index (χ3n) is 2.13. The van der Waals surface area contributed by atoms with Crippen LogP contribution in [0.15, 0.2) is 6.20 Å². The smallest absolute Gasteiger partial charge is 0.159 e. The van der Waals surface area contributed by atoms with Crippen molar-refractivity contribution in [2.75, 3.05) is 13.7 Å². The Kier molecular flexibility index (Phi) is 4.49. The molecule has 1 rings (SSSR count). The summed E-state index contributed by atoms with van der Waals surface area (Å²) in [7, 11) is 1.64. The van der Waals surface area contributed by atoms with Crippen molar-refractivity contribution >= 4 is 0 Å². The molecular formula is C11H19N3O. The average molecular weight is 209 g/mol. The molecule has 0 fully saturated rings. The van der Waals surface area contributed by atoms with Crippen LogP contribution in [0, 0.1) is 0 Å². The molecule has 0 amide bonds. The van der Waals surface area contributed by atoms with Crippen molar-refractivity contribution in [2.24, 2.45) is 0 Å². The quantitative estimate of drug-likeness (QED) is 0.802. The second-order valence-electron chi connectivity index (χ2n) is 3.68. The fourth-order valence-electron chi connectivity index (χ4n) is 1.24. The zero-order valence-corrected chi connectivity index (χ0v) is 9.87. The molecule has 0 saturated heterocycles. The molecule has 1 heterocycles. The van der Waals surface area contributed by atoms with Gasteiger partial charge in [-0.25, -0.2) is 9.97 Å². The lowest BCUT2D eigenvalue weighted by Crippen LogP contribution is -2.15. The SMILES string of the molecule is CCNCc1nc(C(C)C)ncc1OC. The summed E-state index contributed by atoms with van der Waals surface area (Å²) < 4.78 is 5.21. The van der Waals surface area contributed by atoms with E-state index >= 15 is 0 Å². The van der Waals surface area contributed by atoms with E-state index in [2.05, 4.69) is 36.1 Å². The molecule has 1 aromatic rings. The summed E-state index contributed by atoms with van der Waals surface area (Å²) in [5.74, 6) is 1.96. The Bertz CT molecular complexity index is 313. The summed E-state index contributed by atoms with van der Waals surface area (Å²) in [4.78, 5) is 8.74. The van der Waals surface area contributed by atoms with Crippen molar-refractivity contribution in [1.82, 2.24) is 15.3 Å². The number of hydrogen-bond donors (Lipinski definition) is 1. The molecule has 0 saturated carbocycles. The molecule has 0 atom stereocenters. The molecule has 0 aliphatic rings. The van der Waals surface area contributed by atoms with Crippen LogP contribution in [-0.2, 0) is 6.54 Å². The number of nitrogens with one attached hydrogen (secondary N) is 1. The van der Waals surface area contributed by atoms with Gasteiger partial charge < -0.3 is 10.1 Å². The van der Waals surface area contributed by atoms with Gasteiger partial charge in [0.25, 0.3) is 0 Å². The highest BCUT2D eigenvalue weighted by molar-refractivity contribution is 5.25. The average Bonchev–Trinajstić information content (AvgIpc) is 2.25. The molecule has 0 spiro atoms. The second-order valence-corrected chi connectivity index (χ2v) is 3.68. The Labute approximate surface area is 91.1 Å². The molecule has 0 aliphatic carbocycles. The molecule has 0 bridgehead atoms. The van der Waals surface area contributed by atoms with E-state index in [1.807, 2.05) is 0 Å². The second kappa shape index (κ2) is 5.66. The minimum atomic E-state index is 0.344. The van der Waals surface area contributed by atoms with Crippen LogP contribution in [0.1, 0.15) is 38.2 Å². The first-order valence-corrected chi connectivity index (χ1v) is 5.29. The number of ether oxygens (including phenoxy) is 1. The van der Waals surface area contributed by atoms with Gasteiger partial charge in [0.1, 0.15) is 5.82 Å². The highest BCUT2D eigenvalue weighted by Crippen LogP contribution is 2.17. The molecule has 4 nitrogen and oxygen atoms in total. The van der Waals surface area contributed by atoms with E-state index in [4.69, 9.17) is 4.74 Å². The van der Waals surface area contributed by atoms with Crippen LogP contribution >= 0.6 is 0 Å². The number of hydrogen-bond acceptors (Lipinski definition) is 4. The van der Waals surface area contributed by atoms with E-state index in [1.54, 1.807) is 13.3 Å². The zero-order chi connectivity index (χ0) is 11.3. The molecule has 0 aliphatic heterocycles. The molecule has 0 aromatic carbocycles. The van der Waals surface area contributed by atoms with Crippen molar-refractivity contribution in [3.63, 3.8) is 0 Å². The van der Waals surface area contributed by atoms with Crippen molar-refractivity contribution in [3.05, 3.63) is 17.7 Å². The lowest BCUT2D eigenvalue weighted by atomic mass is 10.2. The van der Waals surface area contributed by atoms with Crippen LogP contribution in [-0.4, -0.2) is 23.6 Å². The zero-order valence-electron chi connectivity index (χ0n) is 9.87.